The highest BCUT2D eigenvalue weighted by Gasteiger charge is 2.35. The minimum atomic E-state index is -0.745. The van der Waals surface area contributed by atoms with Crippen molar-refractivity contribution in [3.63, 3.8) is 0 Å². The van der Waals surface area contributed by atoms with Gasteiger partial charge in [-0.1, -0.05) is 0 Å². The fourth-order valence-corrected chi connectivity index (χ4v) is 2.17. The number of ether oxygens (including phenoxy) is 2. The van der Waals surface area contributed by atoms with Gasteiger partial charge in [0.25, 0.3) is 0 Å². The van der Waals surface area contributed by atoms with Gasteiger partial charge in [-0.05, 0) is 26.0 Å². The summed E-state index contributed by atoms with van der Waals surface area (Å²) >= 11 is 0. The van der Waals surface area contributed by atoms with E-state index in [1.54, 1.807) is 26.0 Å². The predicted octanol–water partition coefficient (Wildman–Crippen LogP) is 0.159. The zero-order chi connectivity index (χ0) is 16.3. The number of hydrogen-bond acceptors (Lipinski definition) is 7. The van der Waals surface area contributed by atoms with Gasteiger partial charge in [-0.25, -0.2) is 4.79 Å². The topological polar surface area (TPSA) is 115 Å². The molecule has 22 heavy (non-hydrogen) atoms. The average molecular weight is 310 g/mol. The van der Waals surface area contributed by atoms with Gasteiger partial charge in [0.05, 0.1) is 24.0 Å². The Hall–Kier alpha value is -1.54. The zero-order valence-electron chi connectivity index (χ0n) is 12.7. The van der Waals surface area contributed by atoms with Gasteiger partial charge < -0.3 is 25.4 Å². The van der Waals surface area contributed by atoms with Crippen molar-refractivity contribution in [3.05, 3.63) is 29.6 Å². The smallest absolute Gasteiger partial charge is 0.338 e. The van der Waals surface area contributed by atoms with Crippen LogP contribution >= 0.6 is 0 Å². The maximum absolute atomic E-state index is 12.0. The van der Waals surface area contributed by atoms with E-state index in [0.717, 1.165) is 0 Å². The van der Waals surface area contributed by atoms with Crippen molar-refractivity contribution in [2.45, 2.75) is 44.1 Å². The molecule has 1 fully saturated rings. The summed E-state index contributed by atoms with van der Waals surface area (Å²) in [5.41, 5.74) is 6.05. The Morgan fingerprint density at radius 3 is 2.91 bits per heavy atom. The number of nitrogens with zero attached hydrogens (tertiary/aromatic N) is 1. The molecular formula is C15H22N2O5. The maximum Gasteiger partial charge on any atom is 0.338 e. The summed E-state index contributed by atoms with van der Waals surface area (Å²) in [5.74, 6) is -0.487. The number of nitrogens with two attached hydrogens (primary N) is 1. The summed E-state index contributed by atoms with van der Waals surface area (Å²) in [4.78, 5) is 16.2. The van der Waals surface area contributed by atoms with Gasteiger partial charge in [-0.2, -0.15) is 0 Å². The highest BCUT2D eigenvalue weighted by molar-refractivity contribution is 5.89. The number of pyridine rings is 1. The van der Waals surface area contributed by atoms with Crippen molar-refractivity contribution in [2.24, 2.45) is 5.73 Å². The van der Waals surface area contributed by atoms with Crippen LogP contribution in [0.1, 0.15) is 42.4 Å². The second kappa shape index (κ2) is 6.70. The van der Waals surface area contributed by atoms with Crippen LogP contribution in [0.5, 0.6) is 0 Å². The molecule has 0 amide bonds. The van der Waals surface area contributed by atoms with Gasteiger partial charge in [-0.15, -0.1) is 0 Å². The number of aliphatic hydroxyl groups is 2. The first kappa shape index (κ1) is 16.8. The molecule has 1 aliphatic heterocycles. The van der Waals surface area contributed by atoms with Crippen LogP contribution in [0.25, 0.3) is 0 Å². The van der Waals surface area contributed by atoms with E-state index >= 15 is 0 Å². The number of hydrogen-bond donors (Lipinski definition) is 3. The molecule has 2 rings (SSSR count). The third kappa shape index (κ3) is 4.23. The van der Waals surface area contributed by atoms with Gasteiger partial charge in [-0.3, -0.25) is 4.98 Å². The standard InChI is InChI=1S/C15H22N2O5/c1-15(2,16)8-21-14(20)9-3-4-17-10(5-9)12-6-11(19)13(7-18)22-12/h3-5,11-13,18-19H,6-8,16H2,1-2H3/t11-,12?,13+/m0/s1. The van der Waals surface area contributed by atoms with E-state index in [-0.39, 0.29) is 13.2 Å². The number of aliphatic hydroxyl groups excluding tert-OH is 2. The normalized spacial score (nSPS) is 25.2. The van der Waals surface area contributed by atoms with Crippen LogP contribution in [-0.4, -0.2) is 52.1 Å². The van der Waals surface area contributed by atoms with Crippen molar-refractivity contribution in [1.82, 2.24) is 4.98 Å². The molecule has 1 aromatic heterocycles. The molecular weight excluding hydrogens is 288 g/mol. The lowest BCUT2D eigenvalue weighted by molar-refractivity contribution is -0.0236. The molecule has 1 aromatic rings. The molecule has 1 saturated heterocycles. The van der Waals surface area contributed by atoms with Crippen LogP contribution in [0.4, 0.5) is 0 Å². The average Bonchev–Trinajstić information content (AvgIpc) is 2.85. The van der Waals surface area contributed by atoms with Crippen LogP contribution in [0.15, 0.2) is 18.3 Å². The summed E-state index contributed by atoms with van der Waals surface area (Å²) in [6.07, 6.45) is -0.00888. The highest BCUT2D eigenvalue weighted by atomic mass is 16.5. The van der Waals surface area contributed by atoms with Crippen LogP contribution < -0.4 is 5.73 Å². The first-order valence-corrected chi connectivity index (χ1v) is 7.16. The summed E-state index contributed by atoms with van der Waals surface area (Å²) in [6.45, 7) is 3.38. The molecule has 0 aliphatic carbocycles. The Balaban J connectivity index is 2.06. The molecule has 7 heteroatoms. The molecule has 1 unspecified atom stereocenters. The molecule has 7 nitrogen and oxygen atoms in total. The van der Waals surface area contributed by atoms with Crippen molar-refractivity contribution in [2.75, 3.05) is 13.2 Å². The SMILES string of the molecule is CC(C)(N)COC(=O)c1ccnc(C2C[C@H](O)[C@@H](CO)O2)c1. The Kier molecular flexibility index (Phi) is 5.12. The van der Waals surface area contributed by atoms with Crippen LogP contribution in [-0.2, 0) is 9.47 Å². The van der Waals surface area contributed by atoms with Gasteiger partial charge in [0.2, 0.25) is 0 Å². The Bertz CT molecular complexity index is 529. The number of aromatic nitrogens is 1. The molecule has 0 spiro atoms. The Morgan fingerprint density at radius 2 is 2.32 bits per heavy atom. The van der Waals surface area contributed by atoms with Gasteiger partial charge >= 0.3 is 5.97 Å². The molecule has 0 bridgehead atoms. The van der Waals surface area contributed by atoms with E-state index in [0.29, 0.717) is 17.7 Å². The zero-order valence-corrected chi connectivity index (χ0v) is 12.7. The summed E-state index contributed by atoms with van der Waals surface area (Å²) in [7, 11) is 0. The number of rotatable bonds is 5. The largest absolute Gasteiger partial charge is 0.460 e. The van der Waals surface area contributed by atoms with Crippen LogP contribution in [0.2, 0.25) is 0 Å². The minimum absolute atomic E-state index is 0.106. The minimum Gasteiger partial charge on any atom is -0.460 e. The predicted molar refractivity (Wildman–Crippen MR) is 78.1 cm³/mol. The van der Waals surface area contributed by atoms with E-state index in [4.69, 9.17) is 20.3 Å². The molecule has 0 radical (unpaired) electrons. The van der Waals surface area contributed by atoms with Gasteiger partial charge in [0, 0.05) is 18.2 Å². The lowest BCUT2D eigenvalue weighted by Gasteiger charge is -2.18. The van der Waals surface area contributed by atoms with E-state index in [2.05, 4.69) is 4.98 Å². The number of esters is 1. The summed E-state index contributed by atoms with van der Waals surface area (Å²) in [5, 5.41) is 18.9. The second-order valence-electron chi connectivity index (χ2n) is 6.18. The fraction of sp³-hybridized carbons (Fsp3) is 0.600. The molecule has 0 aromatic carbocycles. The van der Waals surface area contributed by atoms with E-state index in [1.807, 2.05) is 0 Å². The molecule has 122 valence electrons. The van der Waals surface area contributed by atoms with Crippen LogP contribution in [0, 0.1) is 0 Å². The van der Waals surface area contributed by atoms with E-state index in [9.17, 15) is 9.90 Å². The van der Waals surface area contributed by atoms with Gasteiger partial charge in [0.1, 0.15) is 18.8 Å². The molecule has 0 saturated carbocycles. The lowest BCUT2D eigenvalue weighted by Crippen LogP contribution is -2.38. The van der Waals surface area contributed by atoms with Crippen molar-refractivity contribution in [3.8, 4) is 0 Å². The lowest BCUT2D eigenvalue weighted by atomic mass is 10.1. The fourth-order valence-electron chi connectivity index (χ4n) is 2.17. The third-order valence-corrected chi connectivity index (χ3v) is 3.33. The monoisotopic (exact) mass is 310 g/mol. The molecule has 2 heterocycles. The van der Waals surface area contributed by atoms with Crippen LogP contribution in [0.3, 0.4) is 0 Å². The second-order valence-corrected chi connectivity index (χ2v) is 6.18. The number of carbonyl (C=O) groups is 1. The van der Waals surface area contributed by atoms with E-state index < -0.39 is 29.8 Å². The molecule has 1 aliphatic rings. The summed E-state index contributed by atoms with van der Waals surface area (Å²) < 4.78 is 10.7. The third-order valence-electron chi connectivity index (χ3n) is 3.33. The van der Waals surface area contributed by atoms with Gasteiger partial charge in [0.15, 0.2) is 0 Å². The Morgan fingerprint density at radius 1 is 1.59 bits per heavy atom. The van der Waals surface area contributed by atoms with Crippen molar-refractivity contribution in [1.29, 1.82) is 0 Å². The quantitative estimate of drug-likeness (QED) is 0.663. The highest BCUT2D eigenvalue weighted by Crippen LogP contribution is 2.32. The number of carbonyl (C=O) groups excluding carboxylic acids is 1. The maximum atomic E-state index is 12.0. The molecule has 4 N–H and O–H groups in total. The van der Waals surface area contributed by atoms with E-state index in [1.165, 1.54) is 6.20 Å². The van der Waals surface area contributed by atoms with Crippen molar-refractivity contribution < 1.29 is 24.5 Å². The first-order valence-electron chi connectivity index (χ1n) is 7.16. The first-order chi connectivity index (χ1) is 10.3. The van der Waals surface area contributed by atoms with Crippen molar-refractivity contribution >= 4 is 5.97 Å². The summed E-state index contributed by atoms with van der Waals surface area (Å²) in [6, 6.07) is 3.12. The Labute approximate surface area is 129 Å². The molecule has 3 atom stereocenters.